The third-order valence-corrected chi connectivity index (χ3v) is 8.18. The Hall–Kier alpha value is -3.22. The summed E-state index contributed by atoms with van der Waals surface area (Å²) < 4.78 is 24.3. The van der Waals surface area contributed by atoms with Gasteiger partial charge in [0.2, 0.25) is 0 Å². The molecule has 0 spiro atoms. The van der Waals surface area contributed by atoms with E-state index in [2.05, 4.69) is 16.4 Å². The number of nitrogens with one attached hydrogen (secondary N) is 1. The molecule has 0 unspecified atom stereocenters. The van der Waals surface area contributed by atoms with Crippen LogP contribution >= 0.6 is 0 Å². The van der Waals surface area contributed by atoms with Gasteiger partial charge in [0.05, 0.1) is 18.2 Å². The molecule has 1 aliphatic heterocycles. The molecule has 0 bridgehead atoms. The van der Waals surface area contributed by atoms with Gasteiger partial charge < -0.3 is 14.8 Å². The van der Waals surface area contributed by atoms with E-state index in [4.69, 9.17) is 9.47 Å². The SMILES string of the molecule is CCOC(=O)N[C@@H]1CC[C@H]2[C@@H](C1)C[C@H]1C(=O)O[C@@H](C)[C@@H]1[C@@H]2C=Cc1ccc(-c2cccc(F)c2)cn1. The number of halogens is 1. The number of aromatic nitrogens is 1. The molecule has 2 aliphatic carbocycles. The number of hydrogen-bond donors (Lipinski definition) is 1. The van der Waals surface area contributed by atoms with Crippen LogP contribution in [0.1, 0.15) is 45.2 Å². The number of allylic oxidation sites excluding steroid dienone is 1. The summed E-state index contributed by atoms with van der Waals surface area (Å²) in [6.07, 6.45) is 9.07. The highest BCUT2D eigenvalue weighted by atomic mass is 19.1. The van der Waals surface area contributed by atoms with E-state index in [1.54, 1.807) is 19.2 Å². The highest BCUT2D eigenvalue weighted by Crippen LogP contribution is 2.53. The van der Waals surface area contributed by atoms with E-state index in [0.29, 0.717) is 18.4 Å². The van der Waals surface area contributed by atoms with E-state index < -0.39 is 0 Å². The van der Waals surface area contributed by atoms with Crippen LogP contribution in [0.25, 0.3) is 17.2 Å². The van der Waals surface area contributed by atoms with Gasteiger partial charge in [0.1, 0.15) is 11.9 Å². The van der Waals surface area contributed by atoms with Crippen molar-refractivity contribution in [3.8, 4) is 11.1 Å². The number of cyclic esters (lactones) is 1. The molecule has 1 saturated heterocycles. The quantitative estimate of drug-likeness (QED) is 0.548. The van der Waals surface area contributed by atoms with Gasteiger partial charge in [0.25, 0.3) is 0 Å². The van der Waals surface area contributed by atoms with Crippen LogP contribution in [-0.2, 0) is 14.3 Å². The van der Waals surface area contributed by atoms with Crippen molar-refractivity contribution < 1.29 is 23.5 Å². The number of fused-ring (bicyclic) bond motifs is 2. The van der Waals surface area contributed by atoms with Gasteiger partial charge in [0.15, 0.2) is 0 Å². The second kappa shape index (κ2) is 10.4. The lowest BCUT2D eigenvalue weighted by Gasteiger charge is -2.47. The van der Waals surface area contributed by atoms with E-state index in [-0.39, 0.29) is 47.8 Å². The zero-order valence-electron chi connectivity index (χ0n) is 20.7. The number of benzene rings is 1. The third-order valence-electron chi connectivity index (χ3n) is 8.18. The van der Waals surface area contributed by atoms with Gasteiger partial charge >= 0.3 is 12.1 Å². The molecule has 2 aromatic rings. The lowest BCUT2D eigenvalue weighted by Crippen LogP contribution is -2.48. The molecule has 1 N–H and O–H groups in total. The van der Waals surface area contributed by atoms with Crippen molar-refractivity contribution in [1.82, 2.24) is 10.3 Å². The average Bonchev–Trinajstić information content (AvgIpc) is 3.15. The minimum absolute atomic E-state index is 0.0679. The molecule has 5 rings (SSSR count). The number of esters is 1. The molecule has 7 heteroatoms. The van der Waals surface area contributed by atoms with E-state index in [1.165, 1.54) is 12.1 Å². The van der Waals surface area contributed by atoms with E-state index in [1.807, 2.05) is 31.2 Å². The summed E-state index contributed by atoms with van der Waals surface area (Å²) in [4.78, 5) is 29.2. The number of amides is 1. The molecule has 7 atom stereocenters. The first-order valence-electron chi connectivity index (χ1n) is 13.0. The summed E-state index contributed by atoms with van der Waals surface area (Å²) in [5.41, 5.74) is 2.48. The maximum absolute atomic E-state index is 13.6. The molecule has 6 nitrogen and oxygen atoms in total. The molecule has 1 aromatic heterocycles. The summed E-state index contributed by atoms with van der Waals surface area (Å²) in [7, 11) is 0. The molecule has 3 aliphatic rings. The van der Waals surface area contributed by atoms with E-state index >= 15 is 0 Å². The van der Waals surface area contributed by atoms with Gasteiger partial charge in [0, 0.05) is 23.7 Å². The first-order chi connectivity index (χ1) is 17.4. The maximum atomic E-state index is 13.6. The number of carbonyl (C=O) groups is 2. The average molecular weight is 493 g/mol. The van der Waals surface area contributed by atoms with E-state index in [9.17, 15) is 14.0 Å². The zero-order valence-corrected chi connectivity index (χ0v) is 20.7. The number of rotatable bonds is 5. The molecule has 3 fully saturated rings. The number of hydrogen-bond acceptors (Lipinski definition) is 5. The van der Waals surface area contributed by atoms with Crippen LogP contribution in [0.3, 0.4) is 0 Å². The summed E-state index contributed by atoms with van der Waals surface area (Å²) in [6, 6.07) is 10.4. The topological polar surface area (TPSA) is 77.5 Å². The predicted molar refractivity (Wildman–Crippen MR) is 134 cm³/mol. The zero-order chi connectivity index (χ0) is 25.2. The van der Waals surface area contributed by atoms with Crippen LogP contribution in [0.5, 0.6) is 0 Å². The third kappa shape index (κ3) is 5.01. The first-order valence-corrected chi connectivity index (χ1v) is 13.0. The van der Waals surface area contributed by atoms with Crippen LogP contribution in [0.2, 0.25) is 0 Å². The highest BCUT2D eigenvalue weighted by Gasteiger charge is 2.54. The normalized spacial score (nSPS) is 31.4. The largest absolute Gasteiger partial charge is 0.462 e. The molecule has 1 amide bonds. The molecule has 36 heavy (non-hydrogen) atoms. The second-order valence-corrected chi connectivity index (χ2v) is 10.3. The number of carbonyl (C=O) groups excluding carboxylic acids is 2. The monoisotopic (exact) mass is 492 g/mol. The molecule has 2 heterocycles. The Morgan fingerprint density at radius 2 is 2.08 bits per heavy atom. The van der Waals surface area contributed by atoms with Crippen molar-refractivity contribution in [2.75, 3.05) is 6.61 Å². The minimum atomic E-state index is -0.368. The summed E-state index contributed by atoms with van der Waals surface area (Å²) >= 11 is 0. The molecular weight excluding hydrogens is 459 g/mol. The van der Waals surface area contributed by atoms with Gasteiger partial charge in [-0.3, -0.25) is 9.78 Å². The minimum Gasteiger partial charge on any atom is -0.462 e. The number of alkyl carbamates (subject to hydrolysis) is 1. The van der Waals surface area contributed by atoms with Crippen LogP contribution in [-0.4, -0.2) is 35.8 Å². The Morgan fingerprint density at radius 1 is 1.22 bits per heavy atom. The first kappa shape index (κ1) is 24.5. The number of nitrogens with zero attached hydrogens (tertiary/aromatic N) is 1. The molecule has 1 aromatic carbocycles. The Kier molecular flexibility index (Phi) is 7.08. The fraction of sp³-hybridized carbons (Fsp3) is 0.483. The molecule has 190 valence electrons. The maximum Gasteiger partial charge on any atom is 0.407 e. The van der Waals surface area contributed by atoms with Crippen molar-refractivity contribution >= 4 is 18.1 Å². The fourth-order valence-corrected chi connectivity index (χ4v) is 6.64. The van der Waals surface area contributed by atoms with Gasteiger partial charge in [-0.15, -0.1) is 0 Å². The van der Waals surface area contributed by atoms with Crippen molar-refractivity contribution in [3.05, 3.63) is 60.2 Å². The second-order valence-electron chi connectivity index (χ2n) is 10.3. The lowest BCUT2D eigenvalue weighted by atomic mass is 9.57. The van der Waals surface area contributed by atoms with Gasteiger partial charge in [-0.2, -0.15) is 0 Å². The van der Waals surface area contributed by atoms with Crippen LogP contribution < -0.4 is 5.32 Å². The summed E-state index contributed by atoms with van der Waals surface area (Å²) in [5, 5.41) is 3.00. The van der Waals surface area contributed by atoms with Gasteiger partial charge in [-0.25, -0.2) is 9.18 Å². The fourth-order valence-electron chi connectivity index (χ4n) is 6.64. The Morgan fingerprint density at radius 3 is 2.83 bits per heavy atom. The summed E-state index contributed by atoms with van der Waals surface area (Å²) in [6.45, 7) is 4.15. The summed E-state index contributed by atoms with van der Waals surface area (Å²) in [5.74, 6) is 0.629. The van der Waals surface area contributed by atoms with Gasteiger partial charge in [-0.1, -0.05) is 24.3 Å². The Bertz CT molecular complexity index is 1130. The van der Waals surface area contributed by atoms with Crippen LogP contribution in [0.4, 0.5) is 9.18 Å². The Balaban J connectivity index is 1.34. The smallest absolute Gasteiger partial charge is 0.407 e. The van der Waals surface area contributed by atoms with Crippen LogP contribution in [0.15, 0.2) is 48.7 Å². The van der Waals surface area contributed by atoms with E-state index in [0.717, 1.165) is 42.5 Å². The molecular formula is C29H33FN2O4. The van der Waals surface area contributed by atoms with Crippen LogP contribution in [0, 0.1) is 35.4 Å². The van der Waals surface area contributed by atoms with Crippen molar-refractivity contribution in [2.24, 2.45) is 29.6 Å². The molecule has 2 saturated carbocycles. The standard InChI is InChI=1S/C29H33FN2O4/c1-3-35-29(34)32-23-10-11-24-20(14-23)15-26-27(17(2)36-28(26)33)25(24)12-9-22-8-7-19(16-31-22)18-5-4-6-21(30)13-18/h4-9,12-13,16-17,20,23-27H,3,10-11,14-15H2,1-2H3,(H,32,34)/t17-,20-,23+,24-,25+,26+,27+/m0/s1. The number of pyridine rings is 1. The highest BCUT2D eigenvalue weighted by molar-refractivity contribution is 5.75. The van der Waals surface area contributed by atoms with Crippen molar-refractivity contribution in [2.45, 2.75) is 51.7 Å². The lowest BCUT2D eigenvalue weighted by molar-refractivity contribution is -0.144. The van der Waals surface area contributed by atoms with Gasteiger partial charge in [-0.05, 0) is 87.1 Å². The van der Waals surface area contributed by atoms with Crippen molar-refractivity contribution in [1.29, 1.82) is 0 Å². The Labute approximate surface area is 211 Å². The number of ether oxygens (including phenoxy) is 2. The molecule has 0 radical (unpaired) electrons. The van der Waals surface area contributed by atoms with Crippen molar-refractivity contribution in [3.63, 3.8) is 0 Å². The predicted octanol–water partition coefficient (Wildman–Crippen LogP) is 5.63.